The van der Waals surface area contributed by atoms with Crippen molar-refractivity contribution in [2.75, 3.05) is 5.32 Å². The summed E-state index contributed by atoms with van der Waals surface area (Å²) in [7, 11) is -1.88. The molecule has 1 amide bonds. The van der Waals surface area contributed by atoms with Gasteiger partial charge < -0.3 is 5.32 Å². The zero-order valence-electron chi connectivity index (χ0n) is 13.8. The highest BCUT2D eigenvalue weighted by Gasteiger charge is 2.23. The van der Waals surface area contributed by atoms with Crippen molar-refractivity contribution in [3.05, 3.63) is 58.5 Å². The van der Waals surface area contributed by atoms with E-state index in [1.807, 2.05) is 6.92 Å². The molecule has 8 heteroatoms. The van der Waals surface area contributed by atoms with E-state index in [2.05, 4.69) is 10.4 Å². The molecule has 2 aromatic heterocycles. The molecule has 2 heterocycles. The van der Waals surface area contributed by atoms with Gasteiger partial charge in [-0.3, -0.25) is 9.48 Å². The molecule has 0 spiro atoms. The second-order valence-electron chi connectivity index (χ2n) is 5.60. The fraction of sp³-hybridized carbons (Fsp3) is 0.176. The van der Waals surface area contributed by atoms with Crippen molar-refractivity contribution in [2.24, 2.45) is 7.05 Å². The topological polar surface area (TPSA) is 81.1 Å². The largest absolute Gasteiger partial charge is 0.324 e. The van der Waals surface area contributed by atoms with Crippen LogP contribution in [0.2, 0.25) is 0 Å². The molecule has 0 saturated carbocycles. The Labute approximate surface area is 150 Å². The Balaban J connectivity index is 1.83. The number of benzene rings is 1. The SMILES string of the molecule is Cc1nn(C)cc1CC(=O)Nc1cscc1S(=O)(=O)c1ccccc1. The number of amides is 1. The third-order valence-corrected chi connectivity index (χ3v) is 6.41. The predicted octanol–water partition coefficient (Wildman–Crippen LogP) is 2.80. The normalized spacial score (nSPS) is 11.4. The Hall–Kier alpha value is -2.45. The van der Waals surface area contributed by atoms with Gasteiger partial charge in [0.05, 0.1) is 22.7 Å². The van der Waals surface area contributed by atoms with Crippen LogP contribution in [0.5, 0.6) is 0 Å². The zero-order chi connectivity index (χ0) is 18.0. The molecule has 0 fully saturated rings. The summed E-state index contributed by atoms with van der Waals surface area (Å²) < 4.78 is 27.2. The summed E-state index contributed by atoms with van der Waals surface area (Å²) in [5.41, 5.74) is 1.89. The minimum atomic E-state index is -3.67. The number of nitrogens with zero attached hydrogens (tertiary/aromatic N) is 2. The van der Waals surface area contributed by atoms with E-state index in [1.165, 1.54) is 28.8 Å². The molecule has 3 rings (SSSR count). The van der Waals surface area contributed by atoms with E-state index in [0.29, 0.717) is 5.69 Å². The van der Waals surface area contributed by atoms with Crippen LogP contribution in [0.3, 0.4) is 0 Å². The lowest BCUT2D eigenvalue weighted by molar-refractivity contribution is -0.115. The summed E-state index contributed by atoms with van der Waals surface area (Å²) in [6, 6.07) is 8.17. The molecular weight excluding hydrogens is 358 g/mol. The molecule has 0 saturated heterocycles. The van der Waals surface area contributed by atoms with Gasteiger partial charge in [-0.1, -0.05) is 18.2 Å². The number of hydrogen-bond donors (Lipinski definition) is 1. The molecule has 0 aliphatic rings. The number of aromatic nitrogens is 2. The molecule has 0 unspecified atom stereocenters. The number of anilines is 1. The van der Waals surface area contributed by atoms with Crippen molar-refractivity contribution in [1.82, 2.24) is 9.78 Å². The molecule has 25 heavy (non-hydrogen) atoms. The summed E-state index contributed by atoms with van der Waals surface area (Å²) in [4.78, 5) is 12.6. The summed E-state index contributed by atoms with van der Waals surface area (Å²) >= 11 is 1.23. The average Bonchev–Trinajstić information content (AvgIpc) is 3.15. The number of aryl methyl sites for hydroxylation is 2. The maximum Gasteiger partial charge on any atom is 0.228 e. The second kappa shape index (κ2) is 6.81. The minimum absolute atomic E-state index is 0.111. The van der Waals surface area contributed by atoms with E-state index in [1.54, 1.807) is 41.5 Å². The molecule has 1 aromatic carbocycles. The van der Waals surface area contributed by atoms with Gasteiger partial charge in [0.15, 0.2) is 0 Å². The summed E-state index contributed by atoms with van der Waals surface area (Å²) in [6.45, 7) is 1.83. The van der Waals surface area contributed by atoms with Gasteiger partial charge in [-0.25, -0.2) is 8.42 Å². The first-order chi connectivity index (χ1) is 11.9. The number of sulfone groups is 1. The van der Waals surface area contributed by atoms with Crippen LogP contribution >= 0.6 is 11.3 Å². The van der Waals surface area contributed by atoms with Crippen molar-refractivity contribution in [3.63, 3.8) is 0 Å². The Bertz CT molecular complexity index is 1000. The molecule has 1 N–H and O–H groups in total. The quantitative estimate of drug-likeness (QED) is 0.743. The zero-order valence-corrected chi connectivity index (χ0v) is 15.4. The molecule has 0 radical (unpaired) electrons. The highest BCUT2D eigenvalue weighted by Crippen LogP contribution is 2.31. The van der Waals surface area contributed by atoms with Gasteiger partial charge in [0, 0.05) is 29.6 Å². The lowest BCUT2D eigenvalue weighted by Gasteiger charge is -2.08. The van der Waals surface area contributed by atoms with Crippen molar-refractivity contribution < 1.29 is 13.2 Å². The fourth-order valence-electron chi connectivity index (χ4n) is 2.50. The average molecular weight is 375 g/mol. The van der Waals surface area contributed by atoms with E-state index in [0.717, 1.165) is 11.3 Å². The third kappa shape index (κ3) is 3.64. The smallest absolute Gasteiger partial charge is 0.228 e. The fourth-order valence-corrected chi connectivity index (χ4v) is 5.06. The van der Waals surface area contributed by atoms with Crippen LogP contribution in [0.25, 0.3) is 0 Å². The van der Waals surface area contributed by atoms with Gasteiger partial charge in [-0.05, 0) is 19.1 Å². The van der Waals surface area contributed by atoms with Crippen LogP contribution in [-0.4, -0.2) is 24.1 Å². The first-order valence-corrected chi connectivity index (χ1v) is 9.96. The molecule has 130 valence electrons. The maximum atomic E-state index is 12.8. The summed E-state index contributed by atoms with van der Waals surface area (Å²) in [5, 5.41) is 10.1. The minimum Gasteiger partial charge on any atom is -0.324 e. The molecule has 6 nitrogen and oxygen atoms in total. The van der Waals surface area contributed by atoms with Crippen LogP contribution in [0, 0.1) is 6.92 Å². The van der Waals surface area contributed by atoms with Crippen LogP contribution < -0.4 is 5.32 Å². The monoisotopic (exact) mass is 375 g/mol. The van der Waals surface area contributed by atoms with Crippen molar-refractivity contribution >= 4 is 32.8 Å². The first kappa shape index (κ1) is 17.4. The van der Waals surface area contributed by atoms with E-state index < -0.39 is 9.84 Å². The van der Waals surface area contributed by atoms with E-state index in [-0.39, 0.29) is 22.1 Å². The van der Waals surface area contributed by atoms with Crippen LogP contribution in [0.4, 0.5) is 5.69 Å². The van der Waals surface area contributed by atoms with Gasteiger partial charge in [0.2, 0.25) is 15.7 Å². The molecule has 0 bridgehead atoms. The number of nitrogens with one attached hydrogen (secondary N) is 1. The highest BCUT2D eigenvalue weighted by atomic mass is 32.2. The van der Waals surface area contributed by atoms with Gasteiger partial charge in [-0.15, -0.1) is 11.3 Å². The van der Waals surface area contributed by atoms with Crippen LogP contribution in [0.15, 0.2) is 57.1 Å². The van der Waals surface area contributed by atoms with E-state index in [4.69, 9.17) is 0 Å². The predicted molar refractivity (Wildman–Crippen MR) is 96.5 cm³/mol. The van der Waals surface area contributed by atoms with E-state index >= 15 is 0 Å². The third-order valence-electron chi connectivity index (χ3n) is 3.71. The number of carbonyl (C=O) groups is 1. The van der Waals surface area contributed by atoms with Gasteiger partial charge in [0.25, 0.3) is 0 Å². The Morgan fingerprint density at radius 3 is 2.60 bits per heavy atom. The molecule has 0 atom stereocenters. The van der Waals surface area contributed by atoms with Gasteiger partial charge in [-0.2, -0.15) is 5.10 Å². The molecule has 3 aromatic rings. The van der Waals surface area contributed by atoms with Crippen LogP contribution in [-0.2, 0) is 28.1 Å². The number of rotatable bonds is 5. The second-order valence-corrected chi connectivity index (χ2v) is 8.27. The van der Waals surface area contributed by atoms with Crippen molar-refractivity contribution in [2.45, 2.75) is 23.1 Å². The van der Waals surface area contributed by atoms with Crippen molar-refractivity contribution in [1.29, 1.82) is 0 Å². The summed E-state index contributed by atoms with van der Waals surface area (Å²) in [5.74, 6) is -0.279. The summed E-state index contributed by atoms with van der Waals surface area (Å²) in [6.07, 6.45) is 1.92. The maximum absolute atomic E-state index is 12.8. The van der Waals surface area contributed by atoms with E-state index in [9.17, 15) is 13.2 Å². The lowest BCUT2D eigenvalue weighted by atomic mass is 10.2. The van der Waals surface area contributed by atoms with Gasteiger partial charge >= 0.3 is 0 Å². The molecule has 0 aliphatic carbocycles. The molecular formula is C17H17N3O3S2. The number of thiophene rings is 1. The Kier molecular flexibility index (Phi) is 4.73. The number of carbonyl (C=O) groups excluding carboxylic acids is 1. The van der Waals surface area contributed by atoms with Crippen LogP contribution in [0.1, 0.15) is 11.3 Å². The Morgan fingerprint density at radius 1 is 1.24 bits per heavy atom. The first-order valence-electron chi connectivity index (χ1n) is 7.53. The molecule has 0 aliphatic heterocycles. The highest BCUT2D eigenvalue weighted by molar-refractivity contribution is 7.91. The lowest BCUT2D eigenvalue weighted by Crippen LogP contribution is -2.16. The van der Waals surface area contributed by atoms with Gasteiger partial charge in [0.1, 0.15) is 4.90 Å². The standard InChI is InChI=1S/C17H17N3O3S2/c1-12-13(9-20(2)19-12)8-17(21)18-15-10-24-11-16(15)25(22,23)14-6-4-3-5-7-14/h3-7,9-11H,8H2,1-2H3,(H,18,21). The van der Waals surface area contributed by atoms with Crippen molar-refractivity contribution in [3.8, 4) is 0 Å². The number of hydrogen-bond acceptors (Lipinski definition) is 5. The Morgan fingerprint density at radius 2 is 1.96 bits per heavy atom.